The Morgan fingerprint density at radius 1 is 1.05 bits per heavy atom. The number of carbonyl (C=O) groups excluding carboxylic acids is 3. The number of nitrogens with one attached hydrogen (secondary N) is 1. The second-order valence-electron chi connectivity index (χ2n) is 10.5. The van der Waals surface area contributed by atoms with Crippen LogP contribution in [0.4, 0.5) is 11.4 Å². The van der Waals surface area contributed by atoms with Gasteiger partial charge in [-0.1, -0.05) is 40.2 Å². The molecule has 0 spiro atoms. The van der Waals surface area contributed by atoms with Gasteiger partial charge in [-0.2, -0.15) is 5.26 Å². The predicted octanol–water partition coefficient (Wildman–Crippen LogP) is 4.76. The van der Waals surface area contributed by atoms with E-state index in [9.17, 15) is 19.6 Å². The fourth-order valence-corrected chi connectivity index (χ4v) is 6.06. The van der Waals surface area contributed by atoms with Gasteiger partial charge in [-0.05, 0) is 79.3 Å². The van der Waals surface area contributed by atoms with Crippen LogP contribution in [-0.4, -0.2) is 44.0 Å². The average molecular weight is 641 g/mol. The summed E-state index contributed by atoms with van der Waals surface area (Å²) < 4.78 is 6.65. The van der Waals surface area contributed by atoms with Gasteiger partial charge < -0.3 is 25.6 Å². The van der Waals surface area contributed by atoms with E-state index in [1.165, 1.54) is 4.90 Å². The molecule has 1 unspecified atom stereocenters. The normalized spacial score (nSPS) is 16.2. The number of ether oxygens (including phenoxy) is 1. The van der Waals surface area contributed by atoms with Gasteiger partial charge in [-0.15, -0.1) is 0 Å². The fourth-order valence-electron chi connectivity index (χ4n) is 5.56. The molecule has 1 heterocycles. The van der Waals surface area contributed by atoms with Gasteiger partial charge in [0.15, 0.2) is 0 Å². The number of nitrogens with two attached hydrogens (primary N) is 1. The van der Waals surface area contributed by atoms with Gasteiger partial charge in [0.05, 0.1) is 42.6 Å². The van der Waals surface area contributed by atoms with Crippen molar-refractivity contribution in [1.82, 2.24) is 5.32 Å². The molecule has 0 bridgehead atoms. The summed E-state index contributed by atoms with van der Waals surface area (Å²) in [6.07, 6.45) is 0. The zero-order chi connectivity index (χ0) is 30.9. The molecule has 218 valence electrons. The quantitative estimate of drug-likeness (QED) is 0.300. The molecular weight excluding hydrogens is 610 g/mol. The summed E-state index contributed by atoms with van der Waals surface area (Å²) in [4.78, 5) is 44.8. The summed E-state index contributed by atoms with van der Waals surface area (Å²) in [6, 6.07) is 25.1. The molecule has 1 aliphatic rings. The highest BCUT2D eigenvalue weighted by Crippen LogP contribution is 2.41. The summed E-state index contributed by atoms with van der Waals surface area (Å²) in [5, 5.41) is 14.0. The molecule has 43 heavy (non-hydrogen) atoms. The highest BCUT2D eigenvalue weighted by Gasteiger charge is 2.48. The first kappa shape index (κ1) is 29.8. The van der Waals surface area contributed by atoms with Crippen molar-refractivity contribution >= 4 is 55.8 Å². The van der Waals surface area contributed by atoms with Crippen LogP contribution in [0.15, 0.2) is 83.3 Å². The maximum absolute atomic E-state index is 14.7. The van der Waals surface area contributed by atoms with E-state index in [-0.39, 0.29) is 24.9 Å². The SMILES string of the molecule is CNC(C)(C(N)=O)[C@@H]1CN(C(=O)c2ccc(C#N)cc2)c2ccccc2N(Cc2c(OC)ccc3c(Br)cccc23)C1=O. The van der Waals surface area contributed by atoms with Gasteiger partial charge in [0.2, 0.25) is 11.8 Å². The number of halogens is 1. The maximum atomic E-state index is 14.7. The number of rotatable bonds is 7. The molecule has 10 heteroatoms. The minimum atomic E-state index is -1.49. The van der Waals surface area contributed by atoms with Crippen LogP contribution < -0.4 is 25.6 Å². The molecule has 5 rings (SSSR count). The number of nitrogens with zero attached hydrogens (tertiary/aromatic N) is 3. The predicted molar refractivity (Wildman–Crippen MR) is 169 cm³/mol. The standard InChI is InChI=1S/C33H30BrN5O4/c1-33(37-2,32(36)42)25-19-39(30(40)21-13-11-20(17-35)12-14-21)28-10-5-4-9-27(28)38(31(25)41)18-24-22-7-6-8-26(34)23(22)15-16-29(24)43-3/h4-16,25,37H,18-19H2,1-3H3,(H2,36,42)/t25-,33?/m1/s1. The number of amides is 3. The Labute approximate surface area is 258 Å². The molecule has 0 saturated carbocycles. The highest BCUT2D eigenvalue weighted by atomic mass is 79.9. The minimum Gasteiger partial charge on any atom is -0.496 e. The Balaban J connectivity index is 1.72. The van der Waals surface area contributed by atoms with Gasteiger partial charge in [-0.3, -0.25) is 14.4 Å². The number of benzene rings is 4. The van der Waals surface area contributed by atoms with Gasteiger partial charge in [0.1, 0.15) is 11.3 Å². The van der Waals surface area contributed by atoms with Crippen LogP contribution in [0, 0.1) is 17.2 Å². The third-order valence-electron chi connectivity index (χ3n) is 8.24. The van der Waals surface area contributed by atoms with Crippen LogP contribution in [0.25, 0.3) is 10.8 Å². The molecule has 0 saturated heterocycles. The number of hydrogen-bond acceptors (Lipinski definition) is 6. The Bertz CT molecular complexity index is 1780. The zero-order valence-corrected chi connectivity index (χ0v) is 25.5. The number of likely N-dealkylation sites (N-methyl/N-ethyl adjacent to an activating group) is 1. The summed E-state index contributed by atoms with van der Waals surface area (Å²) in [5.74, 6) is -1.96. The first-order valence-electron chi connectivity index (χ1n) is 13.6. The van der Waals surface area contributed by atoms with E-state index < -0.39 is 17.4 Å². The average Bonchev–Trinajstić information content (AvgIpc) is 3.15. The van der Waals surface area contributed by atoms with E-state index in [0.29, 0.717) is 28.3 Å². The second-order valence-corrected chi connectivity index (χ2v) is 11.3. The van der Waals surface area contributed by atoms with Crippen molar-refractivity contribution in [3.63, 3.8) is 0 Å². The summed E-state index contributed by atoms with van der Waals surface area (Å²) in [7, 11) is 3.14. The van der Waals surface area contributed by atoms with Gasteiger partial charge >= 0.3 is 0 Å². The molecule has 0 radical (unpaired) electrons. The van der Waals surface area contributed by atoms with Crippen molar-refractivity contribution in [2.45, 2.75) is 19.0 Å². The van der Waals surface area contributed by atoms with Crippen LogP contribution in [0.5, 0.6) is 5.75 Å². The molecule has 4 aromatic carbocycles. The molecule has 2 atom stereocenters. The van der Waals surface area contributed by atoms with Crippen LogP contribution in [0.3, 0.4) is 0 Å². The minimum absolute atomic E-state index is 0.0980. The third kappa shape index (κ3) is 5.22. The van der Waals surface area contributed by atoms with Gasteiger partial charge in [0, 0.05) is 22.1 Å². The highest BCUT2D eigenvalue weighted by molar-refractivity contribution is 9.10. The smallest absolute Gasteiger partial charge is 0.258 e. The van der Waals surface area contributed by atoms with Crippen LogP contribution in [0.2, 0.25) is 0 Å². The Hall–Kier alpha value is -4.72. The lowest BCUT2D eigenvalue weighted by atomic mass is 9.83. The number of hydrogen-bond donors (Lipinski definition) is 2. The first-order chi connectivity index (χ1) is 20.6. The number of fused-ring (bicyclic) bond motifs is 2. The van der Waals surface area contributed by atoms with Crippen LogP contribution >= 0.6 is 15.9 Å². The Kier molecular flexibility index (Phi) is 8.22. The number of carbonyl (C=O) groups is 3. The Morgan fingerprint density at radius 2 is 1.74 bits per heavy atom. The van der Waals surface area contributed by atoms with E-state index in [2.05, 4.69) is 27.3 Å². The number of nitriles is 1. The van der Waals surface area contributed by atoms with Crippen LogP contribution in [0.1, 0.15) is 28.4 Å². The topological polar surface area (TPSA) is 129 Å². The van der Waals surface area contributed by atoms with E-state index >= 15 is 0 Å². The molecule has 9 nitrogen and oxygen atoms in total. The van der Waals surface area contributed by atoms with E-state index in [0.717, 1.165) is 20.8 Å². The molecule has 3 N–H and O–H groups in total. The van der Waals surface area contributed by atoms with Crippen molar-refractivity contribution in [3.8, 4) is 11.8 Å². The molecule has 0 aromatic heterocycles. The van der Waals surface area contributed by atoms with E-state index in [1.807, 2.05) is 30.3 Å². The Morgan fingerprint density at radius 3 is 2.37 bits per heavy atom. The van der Waals surface area contributed by atoms with E-state index in [4.69, 9.17) is 10.5 Å². The first-order valence-corrected chi connectivity index (χ1v) is 14.4. The molecule has 3 amide bonds. The number of para-hydroxylation sites is 2. The number of anilines is 2. The zero-order valence-electron chi connectivity index (χ0n) is 23.9. The van der Waals surface area contributed by atoms with Crippen molar-refractivity contribution < 1.29 is 19.1 Å². The largest absolute Gasteiger partial charge is 0.496 e. The molecule has 1 aliphatic heterocycles. The third-order valence-corrected chi connectivity index (χ3v) is 8.93. The van der Waals surface area contributed by atoms with Crippen molar-refractivity contribution in [1.29, 1.82) is 5.26 Å². The number of methoxy groups -OCH3 is 1. The molecule has 0 fully saturated rings. The maximum Gasteiger partial charge on any atom is 0.258 e. The monoisotopic (exact) mass is 639 g/mol. The van der Waals surface area contributed by atoms with Gasteiger partial charge in [0.25, 0.3) is 5.91 Å². The van der Waals surface area contributed by atoms with Crippen molar-refractivity contribution in [2.75, 3.05) is 30.5 Å². The summed E-state index contributed by atoms with van der Waals surface area (Å²) in [5.41, 5.74) is 6.91. The lowest BCUT2D eigenvalue weighted by molar-refractivity contribution is -0.133. The van der Waals surface area contributed by atoms with Crippen molar-refractivity contribution in [2.24, 2.45) is 11.7 Å². The second kappa shape index (κ2) is 11.9. The molecule has 0 aliphatic carbocycles. The van der Waals surface area contributed by atoms with Crippen molar-refractivity contribution in [3.05, 3.63) is 100 Å². The lowest BCUT2D eigenvalue weighted by Crippen LogP contribution is -2.63. The molecular formula is C33H30BrN5O4. The lowest BCUT2D eigenvalue weighted by Gasteiger charge is -2.36. The summed E-state index contributed by atoms with van der Waals surface area (Å²) in [6.45, 7) is 1.55. The van der Waals surface area contributed by atoms with Crippen LogP contribution in [-0.2, 0) is 16.1 Å². The van der Waals surface area contributed by atoms with E-state index in [1.54, 1.807) is 74.5 Å². The summed E-state index contributed by atoms with van der Waals surface area (Å²) >= 11 is 3.63. The molecule has 4 aromatic rings. The van der Waals surface area contributed by atoms with Gasteiger partial charge in [-0.25, -0.2) is 0 Å². The fraction of sp³-hybridized carbons (Fsp3) is 0.212. The number of primary amides is 1.